The predicted octanol–water partition coefficient (Wildman–Crippen LogP) is 6.99. The van der Waals surface area contributed by atoms with Crippen LogP contribution in [0.15, 0.2) is 53.0 Å². The second-order valence-corrected chi connectivity index (χ2v) is 11.4. The van der Waals surface area contributed by atoms with E-state index in [2.05, 4.69) is 39.0 Å². The third-order valence-electron chi connectivity index (χ3n) is 6.60. The van der Waals surface area contributed by atoms with Gasteiger partial charge >= 0.3 is 0 Å². The average Bonchev–Trinajstić information content (AvgIpc) is 3.22. The van der Waals surface area contributed by atoms with E-state index in [4.69, 9.17) is 17.3 Å². The Labute approximate surface area is 205 Å². The molecular weight excluding hydrogens is 450 g/mol. The van der Waals surface area contributed by atoms with Crippen molar-refractivity contribution in [1.29, 1.82) is 5.26 Å². The van der Waals surface area contributed by atoms with Gasteiger partial charge in [0.1, 0.15) is 5.82 Å². The van der Waals surface area contributed by atoms with Gasteiger partial charge in [-0.15, -0.1) is 11.3 Å². The molecule has 0 radical (unpaired) electrons. The highest BCUT2D eigenvalue weighted by atomic mass is 35.5. The number of ketones is 1. The van der Waals surface area contributed by atoms with Gasteiger partial charge in [0, 0.05) is 32.5 Å². The van der Waals surface area contributed by atoms with Gasteiger partial charge < -0.3 is 5.73 Å². The molecular formula is C27H30ClN3OS. The van der Waals surface area contributed by atoms with Crippen molar-refractivity contribution in [3.63, 3.8) is 0 Å². The van der Waals surface area contributed by atoms with Crippen LogP contribution in [-0.4, -0.2) is 5.78 Å². The molecule has 2 heterocycles. The minimum absolute atomic E-state index is 0.0969. The number of carbonyl (C=O) groups excluding carboxylic acids is 1. The summed E-state index contributed by atoms with van der Waals surface area (Å²) in [5, 5.41) is 10.9. The predicted molar refractivity (Wildman–Crippen MR) is 136 cm³/mol. The summed E-state index contributed by atoms with van der Waals surface area (Å²) < 4.78 is 0. The molecule has 1 unspecified atom stereocenters. The lowest BCUT2D eigenvalue weighted by atomic mass is 9.69. The Morgan fingerprint density at radius 1 is 1.27 bits per heavy atom. The third kappa shape index (κ3) is 4.23. The SMILES string of the molecule is CCCCc1ccc(C2C(C#N)=C(N)N(c3cccc(Cl)c3C)C3=C2C(=O)CC(C)(C)C3)s1. The maximum absolute atomic E-state index is 13.6. The van der Waals surface area contributed by atoms with Crippen molar-refractivity contribution in [2.24, 2.45) is 11.1 Å². The number of Topliss-reactive ketones (excluding diaryl/α,β-unsaturated/α-hetero) is 1. The first-order valence-electron chi connectivity index (χ1n) is 11.5. The Morgan fingerprint density at radius 2 is 2.03 bits per heavy atom. The molecule has 172 valence electrons. The van der Waals surface area contributed by atoms with E-state index in [-0.39, 0.29) is 11.2 Å². The van der Waals surface area contributed by atoms with E-state index in [0.29, 0.717) is 34.8 Å². The molecule has 1 aliphatic carbocycles. The number of halogens is 1. The molecule has 0 fully saturated rings. The summed E-state index contributed by atoms with van der Waals surface area (Å²) in [6.45, 7) is 8.35. The van der Waals surface area contributed by atoms with E-state index in [1.54, 1.807) is 11.3 Å². The smallest absolute Gasteiger partial charge is 0.162 e. The maximum atomic E-state index is 13.6. The monoisotopic (exact) mass is 479 g/mol. The van der Waals surface area contributed by atoms with Gasteiger partial charge in [-0.25, -0.2) is 0 Å². The molecule has 2 aliphatic rings. The van der Waals surface area contributed by atoms with Crippen molar-refractivity contribution in [1.82, 2.24) is 0 Å². The normalized spacial score (nSPS) is 20.2. The fourth-order valence-electron chi connectivity index (χ4n) is 4.94. The third-order valence-corrected chi connectivity index (χ3v) is 8.22. The van der Waals surface area contributed by atoms with Crippen molar-refractivity contribution < 1.29 is 4.79 Å². The number of benzene rings is 1. The van der Waals surface area contributed by atoms with Crippen LogP contribution in [0.1, 0.15) is 67.7 Å². The summed E-state index contributed by atoms with van der Waals surface area (Å²) in [6.07, 6.45) is 4.41. The molecule has 2 N–H and O–H groups in total. The quantitative estimate of drug-likeness (QED) is 0.501. The summed E-state index contributed by atoms with van der Waals surface area (Å²) in [4.78, 5) is 17.8. The molecule has 1 aliphatic heterocycles. The van der Waals surface area contributed by atoms with Crippen molar-refractivity contribution in [3.05, 3.63) is 73.3 Å². The number of nitriles is 1. The number of carbonyl (C=O) groups is 1. The zero-order valence-corrected chi connectivity index (χ0v) is 21.2. The summed E-state index contributed by atoms with van der Waals surface area (Å²) in [5.41, 5.74) is 10.3. The molecule has 0 spiro atoms. The fraction of sp³-hybridized carbons (Fsp3) is 0.407. The molecule has 6 heteroatoms. The molecule has 4 rings (SSSR count). The zero-order chi connectivity index (χ0) is 23.9. The Bertz CT molecular complexity index is 1210. The molecule has 0 saturated heterocycles. The van der Waals surface area contributed by atoms with Crippen LogP contribution in [0.5, 0.6) is 0 Å². The Morgan fingerprint density at radius 3 is 2.73 bits per heavy atom. The van der Waals surface area contributed by atoms with E-state index < -0.39 is 5.92 Å². The van der Waals surface area contributed by atoms with Gasteiger partial charge in [0.05, 0.1) is 23.2 Å². The highest BCUT2D eigenvalue weighted by Crippen LogP contribution is 2.51. The van der Waals surface area contributed by atoms with Gasteiger partial charge in [-0.3, -0.25) is 9.69 Å². The minimum atomic E-state index is -0.412. The first kappa shape index (κ1) is 23.6. The number of allylic oxidation sites excluding steroid dienone is 3. The lowest BCUT2D eigenvalue weighted by Crippen LogP contribution is -2.42. The first-order chi connectivity index (χ1) is 15.7. The first-order valence-corrected chi connectivity index (χ1v) is 12.7. The molecule has 1 aromatic carbocycles. The van der Waals surface area contributed by atoms with E-state index >= 15 is 0 Å². The van der Waals surface area contributed by atoms with Crippen molar-refractivity contribution in [3.8, 4) is 6.07 Å². The minimum Gasteiger partial charge on any atom is -0.384 e. The number of hydrogen-bond donors (Lipinski definition) is 1. The van der Waals surface area contributed by atoms with Gasteiger partial charge in [-0.05, 0) is 61.4 Å². The van der Waals surface area contributed by atoms with Crippen molar-refractivity contribution in [2.45, 2.75) is 65.7 Å². The summed E-state index contributed by atoms with van der Waals surface area (Å²) in [7, 11) is 0. The summed E-state index contributed by atoms with van der Waals surface area (Å²) >= 11 is 8.14. The number of nitrogens with zero attached hydrogens (tertiary/aromatic N) is 2. The van der Waals surface area contributed by atoms with Crippen LogP contribution in [0, 0.1) is 23.7 Å². The second kappa shape index (κ2) is 9.00. The molecule has 33 heavy (non-hydrogen) atoms. The molecule has 1 aromatic heterocycles. The number of hydrogen-bond acceptors (Lipinski definition) is 5. The van der Waals surface area contributed by atoms with Crippen LogP contribution in [-0.2, 0) is 11.2 Å². The molecule has 0 saturated carbocycles. The number of thiophene rings is 1. The standard InChI is InChI=1S/C27H30ClN3OS/c1-5-6-8-17-11-12-23(33-17)24-18(15-29)26(30)31(20-10-7-9-19(28)16(20)2)21-13-27(3,4)14-22(32)25(21)24/h7,9-12,24H,5-6,8,13-14,30H2,1-4H3. The van der Waals surface area contributed by atoms with Gasteiger partial charge in [0.2, 0.25) is 0 Å². The average molecular weight is 480 g/mol. The van der Waals surface area contributed by atoms with Crippen LogP contribution in [0.4, 0.5) is 5.69 Å². The highest BCUT2D eigenvalue weighted by molar-refractivity contribution is 7.12. The molecule has 2 aromatic rings. The van der Waals surface area contributed by atoms with E-state index in [0.717, 1.165) is 41.1 Å². The number of anilines is 1. The van der Waals surface area contributed by atoms with Crippen LogP contribution in [0.25, 0.3) is 0 Å². The zero-order valence-electron chi connectivity index (χ0n) is 19.7. The summed E-state index contributed by atoms with van der Waals surface area (Å²) in [5.74, 6) is 0.0741. The van der Waals surface area contributed by atoms with E-state index in [1.165, 1.54) is 4.88 Å². The lowest BCUT2D eigenvalue weighted by Gasteiger charge is -2.44. The van der Waals surface area contributed by atoms with E-state index in [9.17, 15) is 10.1 Å². The van der Waals surface area contributed by atoms with Crippen molar-refractivity contribution >= 4 is 34.4 Å². The second-order valence-electron chi connectivity index (χ2n) is 9.77. The number of aryl methyl sites for hydroxylation is 1. The van der Waals surface area contributed by atoms with E-state index in [1.807, 2.05) is 30.0 Å². The van der Waals surface area contributed by atoms with Gasteiger partial charge in [0.25, 0.3) is 0 Å². The number of nitrogens with two attached hydrogens (primary N) is 1. The summed E-state index contributed by atoms with van der Waals surface area (Å²) in [6, 6.07) is 12.2. The molecule has 4 nitrogen and oxygen atoms in total. The van der Waals surface area contributed by atoms with Gasteiger partial charge in [-0.1, -0.05) is 44.9 Å². The topological polar surface area (TPSA) is 70.1 Å². The lowest BCUT2D eigenvalue weighted by molar-refractivity contribution is -0.118. The molecule has 1 atom stereocenters. The van der Waals surface area contributed by atoms with Gasteiger partial charge in [0.15, 0.2) is 5.78 Å². The highest BCUT2D eigenvalue weighted by Gasteiger charge is 2.45. The Hall–Kier alpha value is -2.55. The molecule has 0 amide bonds. The molecule has 0 bridgehead atoms. The van der Waals surface area contributed by atoms with Crippen LogP contribution in [0.2, 0.25) is 5.02 Å². The largest absolute Gasteiger partial charge is 0.384 e. The number of unbranched alkanes of at least 4 members (excludes halogenated alkanes) is 1. The van der Waals surface area contributed by atoms with Gasteiger partial charge in [-0.2, -0.15) is 5.26 Å². The Balaban J connectivity index is 1.94. The van der Waals surface area contributed by atoms with Crippen molar-refractivity contribution in [2.75, 3.05) is 4.90 Å². The van der Waals surface area contributed by atoms with Crippen LogP contribution < -0.4 is 10.6 Å². The number of rotatable bonds is 5. The maximum Gasteiger partial charge on any atom is 0.162 e. The Kier molecular flexibility index (Phi) is 6.44. The fourth-order valence-corrected chi connectivity index (χ4v) is 6.29. The van der Waals surface area contributed by atoms with Crippen LogP contribution in [0.3, 0.4) is 0 Å². The van der Waals surface area contributed by atoms with Crippen LogP contribution >= 0.6 is 22.9 Å².